The van der Waals surface area contributed by atoms with Crippen LogP contribution >= 0.6 is 7.82 Å². The second-order valence-electron chi connectivity index (χ2n) is 23.1. The predicted octanol–water partition coefficient (Wildman–Crippen LogP) is 20.5. The Labute approximate surface area is 483 Å². The summed E-state index contributed by atoms with van der Waals surface area (Å²) in [5, 5.41) is 13.9. The van der Waals surface area contributed by atoms with Crippen molar-refractivity contribution >= 4 is 13.7 Å². The minimum Gasteiger partial charge on any atom is -0.387 e. The number of unbranched alkanes of at least 4 members (excludes halogenated alkanes) is 32. The highest BCUT2D eigenvalue weighted by molar-refractivity contribution is 7.47. The SMILES string of the molecule is CC/C=C\C/C=C\C/C=C\C/C=C\C/C=C\C/C=C\CCCCCCCCCCCCCCCCCCCCCCCCC(=O)NC(COP(=O)(O)OCC[N+](C)(C)C)C(O)/C=C/CC/C=C/CCCCCCCCCCC. The van der Waals surface area contributed by atoms with Crippen molar-refractivity contribution in [2.24, 2.45) is 0 Å². The molecule has 0 saturated carbocycles. The number of allylic oxidation sites excluding steroid dienone is 15. The van der Waals surface area contributed by atoms with Crippen LogP contribution in [0.25, 0.3) is 0 Å². The van der Waals surface area contributed by atoms with Crippen molar-refractivity contribution in [1.82, 2.24) is 5.32 Å². The van der Waals surface area contributed by atoms with Crippen LogP contribution in [0.4, 0.5) is 0 Å². The number of carbonyl (C=O) groups excluding carboxylic acids is 1. The first-order chi connectivity index (χ1) is 38.0. The molecule has 452 valence electrons. The first-order valence-electron chi connectivity index (χ1n) is 32.6. The van der Waals surface area contributed by atoms with Crippen LogP contribution in [0.2, 0.25) is 0 Å². The van der Waals surface area contributed by atoms with Crippen molar-refractivity contribution in [2.45, 2.75) is 296 Å². The third-order valence-corrected chi connectivity index (χ3v) is 15.3. The lowest BCUT2D eigenvalue weighted by molar-refractivity contribution is -0.870. The van der Waals surface area contributed by atoms with Crippen LogP contribution in [0.15, 0.2) is 97.2 Å². The topological polar surface area (TPSA) is 105 Å². The molecule has 0 aromatic carbocycles. The Bertz CT molecular complexity index is 1590. The average molecular weight is 1110 g/mol. The summed E-state index contributed by atoms with van der Waals surface area (Å²) in [5.74, 6) is -0.185. The van der Waals surface area contributed by atoms with Gasteiger partial charge in [-0.15, -0.1) is 0 Å². The zero-order valence-corrected chi connectivity index (χ0v) is 52.5. The summed E-state index contributed by atoms with van der Waals surface area (Å²) >= 11 is 0. The van der Waals surface area contributed by atoms with Gasteiger partial charge in [0.25, 0.3) is 0 Å². The zero-order valence-electron chi connectivity index (χ0n) is 51.6. The van der Waals surface area contributed by atoms with Crippen LogP contribution in [0.5, 0.6) is 0 Å². The van der Waals surface area contributed by atoms with Crippen molar-refractivity contribution in [1.29, 1.82) is 0 Å². The molecule has 3 N–H and O–H groups in total. The van der Waals surface area contributed by atoms with Crippen LogP contribution in [0.1, 0.15) is 284 Å². The third kappa shape index (κ3) is 61.0. The van der Waals surface area contributed by atoms with Gasteiger partial charge in [0.1, 0.15) is 13.2 Å². The summed E-state index contributed by atoms with van der Waals surface area (Å²) in [6.07, 6.45) is 85.5. The Morgan fingerprint density at radius 1 is 0.449 bits per heavy atom. The first-order valence-corrected chi connectivity index (χ1v) is 34.1. The Balaban J connectivity index is 3.94. The summed E-state index contributed by atoms with van der Waals surface area (Å²) in [5.41, 5.74) is 0. The standard InChI is InChI=1S/C69H125N2O6P/c1-6-8-10-12-14-16-18-20-22-23-24-25-26-27-28-29-30-31-32-33-34-35-36-37-38-39-40-41-42-43-44-45-46-47-49-51-53-55-57-59-61-63-69(73)70-67(66-77-78(74,75)76-65-64-71(3,4)5)68(72)62-60-58-56-54-52-50-48-21-19-17-15-13-11-9-7-2/h8,10,14,16,20,22,24-25,27-28,30-31,52,54,60,62,67-68,72H,6-7,9,11-13,15,17-19,21,23,26,29,32-51,53,55-59,61,63-66H2,1-5H3,(H-,70,73,74,75)/p+1/b10-8-,16-14-,22-20-,25-24-,28-27-,31-30-,54-52+,62-60+. The van der Waals surface area contributed by atoms with Gasteiger partial charge >= 0.3 is 7.82 Å². The number of nitrogens with zero attached hydrogens (tertiary/aromatic N) is 1. The molecular formula is C69H126N2O6P+. The lowest BCUT2D eigenvalue weighted by Crippen LogP contribution is -2.45. The molecule has 0 fully saturated rings. The van der Waals surface area contributed by atoms with E-state index in [-0.39, 0.29) is 19.1 Å². The van der Waals surface area contributed by atoms with E-state index in [1.54, 1.807) is 6.08 Å². The summed E-state index contributed by atoms with van der Waals surface area (Å²) < 4.78 is 23.7. The van der Waals surface area contributed by atoms with Gasteiger partial charge in [0.15, 0.2) is 0 Å². The van der Waals surface area contributed by atoms with Crippen molar-refractivity contribution in [3.05, 3.63) is 97.2 Å². The van der Waals surface area contributed by atoms with E-state index in [0.29, 0.717) is 17.4 Å². The van der Waals surface area contributed by atoms with Gasteiger partial charge in [-0.3, -0.25) is 13.8 Å². The van der Waals surface area contributed by atoms with Gasteiger partial charge < -0.3 is 19.8 Å². The van der Waals surface area contributed by atoms with E-state index in [1.807, 2.05) is 27.2 Å². The molecule has 0 aromatic heterocycles. The minimum atomic E-state index is -4.36. The molecule has 0 aromatic rings. The minimum absolute atomic E-state index is 0.0550. The molecule has 0 spiro atoms. The number of likely N-dealkylation sites (N-methyl/N-ethyl adjacent to an activating group) is 1. The van der Waals surface area contributed by atoms with Gasteiger partial charge in [-0.05, 0) is 83.5 Å². The Hall–Kier alpha value is -2.58. The smallest absolute Gasteiger partial charge is 0.387 e. The Morgan fingerprint density at radius 3 is 1.18 bits per heavy atom. The number of aliphatic hydroxyl groups is 1. The number of hydrogen-bond donors (Lipinski definition) is 3. The molecule has 78 heavy (non-hydrogen) atoms. The number of nitrogens with one attached hydrogen (secondary N) is 1. The van der Waals surface area contributed by atoms with E-state index in [9.17, 15) is 19.4 Å². The normalized spacial score (nSPS) is 14.4. The molecule has 0 aliphatic rings. The van der Waals surface area contributed by atoms with Gasteiger partial charge in [-0.2, -0.15) is 0 Å². The Kier molecular flexibility index (Phi) is 57.1. The number of phosphoric acid groups is 1. The second-order valence-corrected chi connectivity index (χ2v) is 24.6. The van der Waals surface area contributed by atoms with E-state index in [0.717, 1.165) is 77.0 Å². The molecule has 1 amide bonds. The fourth-order valence-corrected chi connectivity index (χ4v) is 9.98. The molecule has 3 atom stereocenters. The quantitative estimate of drug-likeness (QED) is 0.0243. The van der Waals surface area contributed by atoms with Crippen LogP contribution in [-0.4, -0.2) is 73.4 Å². The molecule has 0 aliphatic carbocycles. The van der Waals surface area contributed by atoms with Gasteiger partial charge in [0.05, 0.1) is 39.9 Å². The molecule has 0 saturated heterocycles. The lowest BCUT2D eigenvalue weighted by atomic mass is 10.0. The lowest BCUT2D eigenvalue weighted by Gasteiger charge is -2.25. The molecular weight excluding hydrogens is 984 g/mol. The van der Waals surface area contributed by atoms with Crippen LogP contribution in [-0.2, 0) is 18.4 Å². The summed E-state index contributed by atoms with van der Waals surface area (Å²) in [6, 6.07) is -0.865. The van der Waals surface area contributed by atoms with Gasteiger partial charge in [-0.25, -0.2) is 4.57 Å². The average Bonchev–Trinajstić information content (AvgIpc) is 3.41. The van der Waals surface area contributed by atoms with E-state index >= 15 is 0 Å². The molecule has 0 bridgehead atoms. The van der Waals surface area contributed by atoms with E-state index < -0.39 is 20.0 Å². The summed E-state index contributed by atoms with van der Waals surface area (Å²) in [4.78, 5) is 23.3. The largest absolute Gasteiger partial charge is 0.472 e. The maximum absolute atomic E-state index is 13.0. The fourth-order valence-electron chi connectivity index (χ4n) is 9.24. The van der Waals surface area contributed by atoms with Crippen LogP contribution in [0.3, 0.4) is 0 Å². The molecule has 0 aliphatic heterocycles. The number of carbonyl (C=O) groups is 1. The van der Waals surface area contributed by atoms with Crippen molar-refractivity contribution in [3.63, 3.8) is 0 Å². The van der Waals surface area contributed by atoms with E-state index in [1.165, 1.54) is 186 Å². The monoisotopic (exact) mass is 1110 g/mol. The predicted molar refractivity (Wildman–Crippen MR) is 341 cm³/mol. The van der Waals surface area contributed by atoms with Crippen molar-refractivity contribution < 1.29 is 32.9 Å². The van der Waals surface area contributed by atoms with Gasteiger partial charge in [0.2, 0.25) is 5.91 Å². The Morgan fingerprint density at radius 2 is 0.782 bits per heavy atom. The van der Waals surface area contributed by atoms with Gasteiger partial charge in [0, 0.05) is 6.42 Å². The molecule has 0 heterocycles. The van der Waals surface area contributed by atoms with Crippen LogP contribution in [0, 0.1) is 0 Å². The molecule has 0 radical (unpaired) electrons. The molecule has 8 nitrogen and oxygen atoms in total. The number of hydrogen-bond acceptors (Lipinski definition) is 5. The molecule has 3 unspecified atom stereocenters. The highest BCUT2D eigenvalue weighted by Gasteiger charge is 2.27. The maximum Gasteiger partial charge on any atom is 0.472 e. The highest BCUT2D eigenvalue weighted by atomic mass is 31.2. The number of quaternary nitrogens is 1. The number of aliphatic hydroxyl groups excluding tert-OH is 1. The third-order valence-electron chi connectivity index (χ3n) is 14.3. The van der Waals surface area contributed by atoms with Crippen molar-refractivity contribution in [2.75, 3.05) is 40.9 Å². The van der Waals surface area contributed by atoms with Gasteiger partial charge in [-0.1, -0.05) is 291 Å². The number of phosphoric ester groups is 1. The summed E-state index contributed by atoms with van der Waals surface area (Å²) in [6.45, 7) is 4.69. The van der Waals surface area contributed by atoms with Crippen LogP contribution < -0.4 is 5.32 Å². The second kappa shape index (κ2) is 59.1. The van der Waals surface area contributed by atoms with E-state index in [4.69, 9.17) is 9.05 Å². The highest BCUT2D eigenvalue weighted by Crippen LogP contribution is 2.43. The fraction of sp³-hybridized carbons (Fsp3) is 0.754. The van der Waals surface area contributed by atoms with E-state index in [2.05, 4.69) is 104 Å². The maximum atomic E-state index is 13.0. The number of amides is 1. The zero-order chi connectivity index (χ0) is 57.0. The number of rotatable bonds is 59. The molecule has 0 rings (SSSR count). The molecule has 9 heteroatoms. The summed E-state index contributed by atoms with van der Waals surface area (Å²) in [7, 11) is 1.56. The van der Waals surface area contributed by atoms with Crippen molar-refractivity contribution in [3.8, 4) is 0 Å². The first kappa shape index (κ1) is 75.4.